The maximum Gasteiger partial charge on any atom is 0.256 e. The molecule has 0 aliphatic carbocycles. The average molecular weight is 554 g/mol. The number of methoxy groups -OCH3 is 2. The number of hydrogen-bond acceptors (Lipinski definition) is 6. The number of hydrogen-bond donors (Lipinski definition) is 1. The van der Waals surface area contributed by atoms with E-state index in [1.54, 1.807) is 73.7 Å². The van der Waals surface area contributed by atoms with Gasteiger partial charge in [0.2, 0.25) is 5.91 Å². The number of carbonyl (C=O) groups is 2. The molecule has 1 unspecified atom stereocenters. The van der Waals surface area contributed by atoms with Gasteiger partial charge in [-0.3, -0.25) is 14.5 Å². The van der Waals surface area contributed by atoms with Crippen molar-refractivity contribution >= 4 is 52.1 Å². The van der Waals surface area contributed by atoms with E-state index in [4.69, 9.17) is 38.0 Å². The van der Waals surface area contributed by atoms with E-state index in [1.807, 2.05) is 19.1 Å². The second-order valence-corrected chi connectivity index (χ2v) is 9.28. The SMILES string of the molecule is CCOc1ccc(NC(=O)CC2C(=O)N(c3cccc(Cl)c3)C(=S)N2Cc2ccc(OC)c(OC)c2)cc1. The molecule has 0 bridgehead atoms. The highest BCUT2D eigenvalue weighted by molar-refractivity contribution is 7.80. The van der Waals surface area contributed by atoms with Gasteiger partial charge in [-0.2, -0.15) is 0 Å². The topological polar surface area (TPSA) is 80.3 Å². The van der Waals surface area contributed by atoms with Crippen LogP contribution in [-0.2, 0) is 16.1 Å². The van der Waals surface area contributed by atoms with Gasteiger partial charge in [-0.1, -0.05) is 23.7 Å². The second kappa shape index (κ2) is 12.1. The fourth-order valence-corrected chi connectivity index (χ4v) is 4.80. The van der Waals surface area contributed by atoms with E-state index in [0.717, 1.165) is 5.56 Å². The Morgan fingerprint density at radius 1 is 1.03 bits per heavy atom. The first-order chi connectivity index (χ1) is 18.3. The normalized spacial score (nSPS) is 15.0. The summed E-state index contributed by atoms with van der Waals surface area (Å²) < 4.78 is 16.2. The number of ether oxygens (including phenoxy) is 3. The van der Waals surface area contributed by atoms with Crippen molar-refractivity contribution in [3.8, 4) is 17.2 Å². The van der Waals surface area contributed by atoms with Crippen molar-refractivity contribution in [3.63, 3.8) is 0 Å². The molecule has 1 aliphatic heterocycles. The molecule has 2 amide bonds. The summed E-state index contributed by atoms with van der Waals surface area (Å²) in [6.45, 7) is 2.73. The van der Waals surface area contributed by atoms with Crippen LogP contribution in [0.3, 0.4) is 0 Å². The highest BCUT2D eigenvalue weighted by Crippen LogP contribution is 2.33. The third-order valence-corrected chi connectivity index (χ3v) is 6.67. The van der Waals surface area contributed by atoms with E-state index >= 15 is 0 Å². The molecule has 1 heterocycles. The molecule has 3 aromatic carbocycles. The van der Waals surface area contributed by atoms with E-state index in [9.17, 15) is 9.59 Å². The fraction of sp³-hybridized carbons (Fsp3) is 0.250. The molecule has 1 saturated heterocycles. The minimum Gasteiger partial charge on any atom is -0.494 e. The number of halogens is 1. The predicted octanol–water partition coefficient (Wildman–Crippen LogP) is 5.29. The molecular formula is C28H28ClN3O5S. The number of nitrogens with zero attached hydrogens (tertiary/aromatic N) is 2. The number of rotatable bonds is 10. The van der Waals surface area contributed by atoms with Crippen LogP contribution in [0.4, 0.5) is 11.4 Å². The molecule has 0 saturated carbocycles. The third kappa shape index (κ3) is 6.00. The number of anilines is 2. The summed E-state index contributed by atoms with van der Waals surface area (Å²) in [5, 5.41) is 3.62. The molecule has 1 aliphatic rings. The van der Waals surface area contributed by atoms with Gasteiger partial charge < -0.3 is 24.4 Å². The van der Waals surface area contributed by atoms with E-state index in [0.29, 0.717) is 40.3 Å². The molecule has 38 heavy (non-hydrogen) atoms. The first-order valence-corrected chi connectivity index (χ1v) is 12.8. The molecule has 3 aromatic rings. The van der Waals surface area contributed by atoms with Crippen molar-refractivity contribution in [3.05, 3.63) is 77.3 Å². The summed E-state index contributed by atoms with van der Waals surface area (Å²) in [6.07, 6.45) is -0.101. The van der Waals surface area contributed by atoms with Gasteiger partial charge in [0, 0.05) is 17.3 Å². The Morgan fingerprint density at radius 2 is 1.76 bits per heavy atom. The summed E-state index contributed by atoms with van der Waals surface area (Å²) >= 11 is 12.0. The molecule has 1 atom stereocenters. The van der Waals surface area contributed by atoms with Crippen LogP contribution in [0.5, 0.6) is 17.2 Å². The molecular weight excluding hydrogens is 526 g/mol. The van der Waals surface area contributed by atoms with Crippen LogP contribution in [0.25, 0.3) is 0 Å². The fourth-order valence-electron chi connectivity index (χ4n) is 4.23. The van der Waals surface area contributed by atoms with Crippen LogP contribution in [0.2, 0.25) is 5.02 Å². The van der Waals surface area contributed by atoms with E-state index in [2.05, 4.69) is 5.32 Å². The lowest BCUT2D eigenvalue weighted by Gasteiger charge is -2.24. The van der Waals surface area contributed by atoms with Gasteiger partial charge in [0.25, 0.3) is 5.91 Å². The minimum absolute atomic E-state index is 0.101. The number of thiocarbonyl (C=S) groups is 1. The molecule has 10 heteroatoms. The van der Waals surface area contributed by atoms with Gasteiger partial charge in [-0.15, -0.1) is 0 Å². The lowest BCUT2D eigenvalue weighted by molar-refractivity contribution is -0.124. The summed E-state index contributed by atoms with van der Waals surface area (Å²) in [5.41, 5.74) is 1.98. The Kier molecular flexibility index (Phi) is 8.70. The standard InChI is InChI=1S/C28H28ClN3O5S/c1-4-37-22-11-9-20(10-12-22)30-26(33)16-23-27(34)32(21-7-5-6-19(29)15-21)28(38)31(23)17-18-8-13-24(35-2)25(14-18)36-3/h5-15,23H,4,16-17H2,1-3H3,(H,30,33). The van der Waals surface area contributed by atoms with Gasteiger partial charge in [-0.05, 0) is 79.3 Å². The predicted molar refractivity (Wildman–Crippen MR) is 151 cm³/mol. The Morgan fingerprint density at radius 3 is 2.42 bits per heavy atom. The zero-order valence-corrected chi connectivity index (χ0v) is 22.8. The summed E-state index contributed by atoms with van der Waals surface area (Å²) in [4.78, 5) is 29.9. The van der Waals surface area contributed by atoms with Crippen molar-refractivity contribution in [2.75, 3.05) is 31.0 Å². The molecule has 8 nitrogen and oxygen atoms in total. The number of nitrogens with one attached hydrogen (secondary N) is 1. The summed E-state index contributed by atoms with van der Waals surface area (Å²) in [7, 11) is 3.12. The molecule has 1 N–H and O–H groups in total. The largest absolute Gasteiger partial charge is 0.494 e. The Labute approximate surface area is 232 Å². The van der Waals surface area contributed by atoms with Crippen molar-refractivity contribution in [2.45, 2.75) is 25.9 Å². The number of benzene rings is 3. The van der Waals surface area contributed by atoms with Gasteiger partial charge >= 0.3 is 0 Å². The lowest BCUT2D eigenvalue weighted by Crippen LogP contribution is -2.37. The molecule has 4 rings (SSSR count). The maximum absolute atomic E-state index is 13.7. The molecule has 1 fully saturated rings. The highest BCUT2D eigenvalue weighted by atomic mass is 35.5. The van der Waals surface area contributed by atoms with Crippen molar-refractivity contribution in [1.29, 1.82) is 0 Å². The molecule has 198 valence electrons. The molecule has 0 spiro atoms. The van der Waals surface area contributed by atoms with Gasteiger partial charge in [-0.25, -0.2) is 0 Å². The molecule has 0 radical (unpaired) electrons. The van der Waals surface area contributed by atoms with Crippen LogP contribution in [0.1, 0.15) is 18.9 Å². The van der Waals surface area contributed by atoms with Crippen LogP contribution >= 0.6 is 23.8 Å². The minimum atomic E-state index is -0.822. The Balaban J connectivity index is 1.60. The van der Waals surface area contributed by atoms with Gasteiger partial charge in [0.1, 0.15) is 11.8 Å². The van der Waals surface area contributed by atoms with E-state index < -0.39 is 6.04 Å². The van der Waals surface area contributed by atoms with Crippen LogP contribution < -0.4 is 24.4 Å². The maximum atomic E-state index is 13.7. The van der Waals surface area contributed by atoms with Crippen LogP contribution in [0, 0.1) is 0 Å². The summed E-state index contributed by atoms with van der Waals surface area (Å²) in [5.74, 6) is 1.22. The van der Waals surface area contributed by atoms with E-state index in [1.165, 1.54) is 4.90 Å². The molecule has 0 aromatic heterocycles. The Hall–Kier alpha value is -3.82. The average Bonchev–Trinajstić information content (AvgIpc) is 3.13. The van der Waals surface area contributed by atoms with Gasteiger partial charge in [0.15, 0.2) is 16.6 Å². The first kappa shape index (κ1) is 27.2. The third-order valence-electron chi connectivity index (χ3n) is 6.01. The smallest absolute Gasteiger partial charge is 0.256 e. The van der Waals surface area contributed by atoms with Crippen molar-refractivity contribution < 1.29 is 23.8 Å². The summed E-state index contributed by atoms with van der Waals surface area (Å²) in [6, 6.07) is 18.6. The first-order valence-electron chi connectivity index (χ1n) is 12.0. The number of amides is 2. The van der Waals surface area contributed by atoms with E-state index in [-0.39, 0.29) is 29.9 Å². The number of carbonyl (C=O) groups excluding carboxylic acids is 2. The zero-order valence-electron chi connectivity index (χ0n) is 21.3. The zero-order chi connectivity index (χ0) is 27.2. The van der Waals surface area contributed by atoms with Crippen molar-refractivity contribution in [2.24, 2.45) is 0 Å². The van der Waals surface area contributed by atoms with Gasteiger partial charge in [0.05, 0.1) is 32.9 Å². The quantitative estimate of drug-likeness (QED) is 0.342. The van der Waals surface area contributed by atoms with Crippen molar-refractivity contribution in [1.82, 2.24) is 4.90 Å². The van der Waals surface area contributed by atoms with Crippen LogP contribution in [-0.4, -0.2) is 48.7 Å². The highest BCUT2D eigenvalue weighted by Gasteiger charge is 2.44. The monoisotopic (exact) mass is 553 g/mol. The van der Waals surface area contributed by atoms with Crippen LogP contribution in [0.15, 0.2) is 66.7 Å². The lowest BCUT2D eigenvalue weighted by atomic mass is 10.1. The Bertz CT molecular complexity index is 1330. The second-order valence-electron chi connectivity index (χ2n) is 8.48.